The lowest BCUT2D eigenvalue weighted by Crippen LogP contribution is -2.16. The number of aliphatic hydroxyl groups is 1. The number of nitrogens with two attached hydrogens (primary N) is 1. The molecule has 0 aliphatic carbocycles. The molecule has 96 valence electrons. The molecule has 4 N–H and O–H groups in total. The van der Waals surface area contributed by atoms with Gasteiger partial charge in [0.2, 0.25) is 5.82 Å². The van der Waals surface area contributed by atoms with E-state index in [1.165, 1.54) is 6.07 Å². The summed E-state index contributed by atoms with van der Waals surface area (Å²) in [6, 6.07) is 1.28. The van der Waals surface area contributed by atoms with Gasteiger partial charge in [0, 0.05) is 11.3 Å². The second-order valence-electron chi connectivity index (χ2n) is 3.17. The Bertz CT molecular complexity index is 388. The van der Waals surface area contributed by atoms with Gasteiger partial charge in [0.1, 0.15) is 10.8 Å². The van der Waals surface area contributed by atoms with Crippen LogP contribution in [0.2, 0.25) is 0 Å². The summed E-state index contributed by atoms with van der Waals surface area (Å²) in [6.07, 6.45) is -4.63. The molecular formula is C8H11F3N4OS. The molecule has 5 nitrogen and oxygen atoms in total. The summed E-state index contributed by atoms with van der Waals surface area (Å²) in [4.78, 5) is 6.57. The van der Waals surface area contributed by atoms with Crippen LogP contribution in [0.1, 0.15) is 12.7 Å². The molecule has 1 atom stereocenters. The highest BCUT2D eigenvalue weighted by Crippen LogP contribution is 2.30. The lowest BCUT2D eigenvalue weighted by atomic mass is 10.5. The molecular weight excluding hydrogens is 257 g/mol. The highest BCUT2D eigenvalue weighted by molar-refractivity contribution is 7.99. The summed E-state index contributed by atoms with van der Waals surface area (Å²) in [5, 5.41) is 8.66. The number of thioether (sulfide) groups is 1. The Hall–Kier alpha value is -1.06. The fourth-order valence-electron chi connectivity index (χ4n) is 0.929. The number of alkyl halides is 3. The maximum absolute atomic E-state index is 12.5. The molecule has 1 heterocycles. The second-order valence-corrected chi connectivity index (χ2v) is 4.63. The molecule has 9 heteroatoms. The number of nitrogen functional groups attached to an aromatic ring is 1. The molecule has 0 fully saturated rings. The van der Waals surface area contributed by atoms with E-state index in [4.69, 9.17) is 10.9 Å². The van der Waals surface area contributed by atoms with E-state index in [1.807, 2.05) is 5.43 Å². The van der Waals surface area contributed by atoms with Crippen LogP contribution >= 0.6 is 11.8 Å². The van der Waals surface area contributed by atoms with E-state index in [1.54, 1.807) is 6.92 Å². The van der Waals surface area contributed by atoms with E-state index in [9.17, 15) is 13.2 Å². The zero-order chi connectivity index (χ0) is 13.1. The first kappa shape index (κ1) is 14.0. The first-order valence-corrected chi connectivity index (χ1v) is 5.45. The number of halogens is 3. The van der Waals surface area contributed by atoms with E-state index < -0.39 is 12.0 Å². The molecule has 0 aromatic carbocycles. The van der Waals surface area contributed by atoms with Crippen LogP contribution < -0.4 is 11.3 Å². The van der Waals surface area contributed by atoms with Crippen molar-refractivity contribution in [1.82, 2.24) is 9.97 Å². The summed E-state index contributed by atoms with van der Waals surface area (Å²) in [6.45, 7) is 1.50. The SMILES string of the molecule is CC(CO)Sc1cc(NN)nc(C(F)(F)F)n1. The molecule has 0 saturated heterocycles. The van der Waals surface area contributed by atoms with Gasteiger partial charge in [-0.05, 0) is 0 Å². The Labute approximate surface area is 99.6 Å². The van der Waals surface area contributed by atoms with Gasteiger partial charge in [-0.3, -0.25) is 0 Å². The molecule has 17 heavy (non-hydrogen) atoms. The van der Waals surface area contributed by atoms with Crippen LogP contribution in [0.25, 0.3) is 0 Å². The van der Waals surface area contributed by atoms with Crippen molar-refractivity contribution in [3.05, 3.63) is 11.9 Å². The van der Waals surface area contributed by atoms with Gasteiger partial charge in [-0.2, -0.15) is 13.2 Å². The Kier molecular flexibility index (Phi) is 4.54. The minimum absolute atomic E-state index is 0.0989. The predicted molar refractivity (Wildman–Crippen MR) is 57.2 cm³/mol. The Morgan fingerprint density at radius 2 is 2.18 bits per heavy atom. The Balaban J connectivity index is 3.05. The fourth-order valence-corrected chi connectivity index (χ4v) is 1.74. The average Bonchev–Trinajstić information content (AvgIpc) is 2.27. The summed E-state index contributed by atoms with van der Waals surface area (Å²) >= 11 is 1.01. The molecule has 1 aromatic rings. The number of aliphatic hydroxyl groups excluding tert-OH is 1. The standard InChI is InChI=1S/C8H11F3N4OS/c1-4(3-16)17-6-2-5(15-12)13-7(14-6)8(9,10)11/h2,4,16H,3,12H2,1H3,(H,13,14,15). The highest BCUT2D eigenvalue weighted by atomic mass is 32.2. The molecule has 1 aromatic heterocycles. The van der Waals surface area contributed by atoms with Crippen molar-refractivity contribution >= 4 is 17.6 Å². The molecule has 0 radical (unpaired) electrons. The molecule has 0 bridgehead atoms. The van der Waals surface area contributed by atoms with E-state index in [-0.39, 0.29) is 22.7 Å². The van der Waals surface area contributed by atoms with E-state index in [2.05, 4.69) is 9.97 Å². The van der Waals surface area contributed by atoms with Crippen LogP contribution in [0.15, 0.2) is 11.1 Å². The summed E-state index contributed by atoms with van der Waals surface area (Å²) in [5.74, 6) is 3.64. The first-order chi connectivity index (χ1) is 7.86. The number of nitrogens with one attached hydrogen (secondary N) is 1. The average molecular weight is 268 g/mol. The monoisotopic (exact) mass is 268 g/mol. The van der Waals surface area contributed by atoms with Crippen molar-refractivity contribution in [3.63, 3.8) is 0 Å². The van der Waals surface area contributed by atoms with Gasteiger partial charge in [-0.1, -0.05) is 6.92 Å². The quantitative estimate of drug-likeness (QED) is 0.330. The number of hydrogen-bond acceptors (Lipinski definition) is 6. The third kappa shape index (κ3) is 4.02. The minimum Gasteiger partial charge on any atom is -0.395 e. The molecule has 1 unspecified atom stereocenters. The van der Waals surface area contributed by atoms with Crippen LogP contribution in [-0.2, 0) is 6.18 Å². The minimum atomic E-state index is -4.63. The van der Waals surface area contributed by atoms with E-state index in [0.717, 1.165) is 11.8 Å². The van der Waals surface area contributed by atoms with Gasteiger partial charge < -0.3 is 10.5 Å². The number of nitrogens with zero attached hydrogens (tertiary/aromatic N) is 2. The van der Waals surface area contributed by atoms with Crippen LogP contribution in [0.3, 0.4) is 0 Å². The van der Waals surface area contributed by atoms with Gasteiger partial charge in [0.25, 0.3) is 0 Å². The van der Waals surface area contributed by atoms with Crippen molar-refractivity contribution in [2.45, 2.75) is 23.4 Å². The maximum atomic E-state index is 12.5. The normalized spacial score (nSPS) is 13.5. The van der Waals surface area contributed by atoms with Crippen LogP contribution in [-0.4, -0.2) is 26.9 Å². The van der Waals surface area contributed by atoms with Crippen LogP contribution in [0.5, 0.6) is 0 Å². The zero-order valence-electron chi connectivity index (χ0n) is 8.82. The molecule has 0 amide bonds. The van der Waals surface area contributed by atoms with Crippen LogP contribution in [0, 0.1) is 0 Å². The molecule has 0 aliphatic heterocycles. The predicted octanol–water partition coefficient (Wildman–Crippen LogP) is 1.25. The number of anilines is 1. The Morgan fingerprint density at radius 3 is 2.65 bits per heavy atom. The van der Waals surface area contributed by atoms with Gasteiger partial charge in [0.05, 0.1) is 6.61 Å². The van der Waals surface area contributed by atoms with Gasteiger partial charge in [0.15, 0.2) is 0 Å². The summed E-state index contributed by atoms with van der Waals surface area (Å²) < 4.78 is 37.4. The van der Waals surface area contributed by atoms with E-state index >= 15 is 0 Å². The fraction of sp³-hybridized carbons (Fsp3) is 0.500. The Morgan fingerprint density at radius 1 is 1.53 bits per heavy atom. The van der Waals surface area contributed by atoms with Gasteiger partial charge in [-0.25, -0.2) is 15.8 Å². The maximum Gasteiger partial charge on any atom is 0.451 e. The molecule has 0 aliphatic rings. The van der Waals surface area contributed by atoms with Crippen molar-refractivity contribution < 1.29 is 18.3 Å². The number of hydrogen-bond donors (Lipinski definition) is 3. The highest BCUT2D eigenvalue weighted by Gasteiger charge is 2.35. The smallest absolute Gasteiger partial charge is 0.395 e. The summed E-state index contributed by atoms with van der Waals surface area (Å²) in [7, 11) is 0. The first-order valence-electron chi connectivity index (χ1n) is 4.57. The molecule has 1 rings (SSSR count). The topological polar surface area (TPSA) is 84.1 Å². The number of rotatable bonds is 4. The van der Waals surface area contributed by atoms with Crippen molar-refractivity contribution in [1.29, 1.82) is 0 Å². The second kappa shape index (κ2) is 5.52. The van der Waals surface area contributed by atoms with Crippen LogP contribution in [0.4, 0.5) is 19.0 Å². The third-order valence-corrected chi connectivity index (χ3v) is 2.69. The summed E-state index contributed by atoms with van der Waals surface area (Å²) in [5.41, 5.74) is 2.04. The lowest BCUT2D eigenvalue weighted by Gasteiger charge is -2.11. The zero-order valence-corrected chi connectivity index (χ0v) is 9.64. The van der Waals surface area contributed by atoms with Crippen molar-refractivity contribution in [2.24, 2.45) is 5.84 Å². The third-order valence-electron chi connectivity index (χ3n) is 1.68. The molecule has 0 spiro atoms. The van der Waals surface area contributed by atoms with E-state index in [0.29, 0.717) is 0 Å². The largest absolute Gasteiger partial charge is 0.451 e. The van der Waals surface area contributed by atoms with Crippen molar-refractivity contribution in [3.8, 4) is 0 Å². The van der Waals surface area contributed by atoms with Crippen molar-refractivity contribution in [2.75, 3.05) is 12.0 Å². The lowest BCUT2D eigenvalue weighted by molar-refractivity contribution is -0.145. The number of hydrazine groups is 1. The van der Waals surface area contributed by atoms with Gasteiger partial charge >= 0.3 is 6.18 Å². The number of aromatic nitrogens is 2. The molecule has 0 saturated carbocycles. The van der Waals surface area contributed by atoms with Gasteiger partial charge in [-0.15, -0.1) is 11.8 Å².